The van der Waals surface area contributed by atoms with Crippen molar-refractivity contribution in [3.8, 4) is 0 Å². The maximum absolute atomic E-state index is 12.8. The first kappa shape index (κ1) is 21.2. The second-order valence-corrected chi connectivity index (χ2v) is 7.93. The molecule has 0 bridgehead atoms. The average Bonchev–Trinajstić information content (AvgIpc) is 2.63. The highest BCUT2D eigenvalue weighted by atomic mass is 16.6. The molecule has 6 heteroatoms. The van der Waals surface area contributed by atoms with E-state index in [-0.39, 0.29) is 12.0 Å². The summed E-state index contributed by atoms with van der Waals surface area (Å²) in [5, 5.41) is 0. The molecule has 1 aliphatic heterocycles. The van der Waals surface area contributed by atoms with E-state index in [0.717, 1.165) is 18.4 Å². The van der Waals surface area contributed by atoms with Gasteiger partial charge in [-0.2, -0.15) is 0 Å². The molecule has 150 valence electrons. The molecule has 1 saturated heterocycles. The summed E-state index contributed by atoms with van der Waals surface area (Å²) in [6.07, 6.45) is 0.773. The molecule has 2 rings (SSSR count). The minimum Gasteiger partial charge on any atom is -0.444 e. The molecule has 1 aliphatic rings. The first-order chi connectivity index (χ1) is 12.8. The van der Waals surface area contributed by atoms with Crippen LogP contribution >= 0.6 is 0 Å². The lowest BCUT2D eigenvalue weighted by atomic mass is 10.2. The van der Waals surface area contributed by atoms with Crippen LogP contribution in [0.1, 0.15) is 46.1 Å². The zero-order valence-electron chi connectivity index (χ0n) is 16.9. The first-order valence-corrected chi connectivity index (χ1v) is 9.68. The van der Waals surface area contributed by atoms with Crippen molar-refractivity contribution < 1.29 is 19.1 Å². The molecule has 2 amide bonds. The molecule has 0 saturated carbocycles. The molecule has 0 aromatic heterocycles. The Balaban J connectivity index is 2.01. The van der Waals surface area contributed by atoms with E-state index in [1.54, 1.807) is 11.8 Å². The Bertz CT molecular complexity index is 612. The number of carbonyl (C=O) groups excluding carboxylic acids is 2. The van der Waals surface area contributed by atoms with Gasteiger partial charge >= 0.3 is 6.09 Å². The van der Waals surface area contributed by atoms with Crippen LogP contribution < -0.4 is 0 Å². The van der Waals surface area contributed by atoms with E-state index in [1.165, 1.54) is 0 Å². The summed E-state index contributed by atoms with van der Waals surface area (Å²) in [5.74, 6) is -0.00966. The van der Waals surface area contributed by atoms with Crippen LogP contribution in [-0.2, 0) is 20.8 Å². The highest BCUT2D eigenvalue weighted by molar-refractivity contribution is 5.80. The van der Waals surface area contributed by atoms with Gasteiger partial charge < -0.3 is 19.3 Å². The second kappa shape index (κ2) is 9.74. The van der Waals surface area contributed by atoms with E-state index in [9.17, 15) is 9.59 Å². The molecule has 1 aromatic rings. The Morgan fingerprint density at radius 1 is 1.15 bits per heavy atom. The van der Waals surface area contributed by atoms with Crippen molar-refractivity contribution in [2.24, 2.45) is 0 Å². The van der Waals surface area contributed by atoms with Crippen LogP contribution in [0.15, 0.2) is 30.3 Å². The van der Waals surface area contributed by atoms with Crippen LogP contribution in [0, 0.1) is 0 Å². The van der Waals surface area contributed by atoms with E-state index in [0.29, 0.717) is 32.8 Å². The van der Waals surface area contributed by atoms with E-state index >= 15 is 0 Å². The normalized spacial score (nSPS) is 20.1. The van der Waals surface area contributed by atoms with Gasteiger partial charge in [-0.25, -0.2) is 4.79 Å². The van der Waals surface area contributed by atoms with E-state index in [1.807, 2.05) is 56.0 Å². The topological polar surface area (TPSA) is 59.1 Å². The number of nitrogens with zero attached hydrogens (tertiary/aromatic N) is 2. The first-order valence-electron chi connectivity index (χ1n) is 9.68. The summed E-state index contributed by atoms with van der Waals surface area (Å²) in [6, 6.07) is 9.97. The monoisotopic (exact) mass is 376 g/mol. The van der Waals surface area contributed by atoms with Crippen LogP contribution in [0.3, 0.4) is 0 Å². The predicted octanol–water partition coefficient (Wildman–Crippen LogP) is 3.45. The number of rotatable bonds is 2. The van der Waals surface area contributed by atoms with Crippen LogP contribution in [0.2, 0.25) is 0 Å². The molecule has 1 aromatic carbocycles. The Morgan fingerprint density at radius 3 is 2.48 bits per heavy atom. The van der Waals surface area contributed by atoms with Crippen LogP contribution in [-0.4, -0.2) is 59.7 Å². The smallest absolute Gasteiger partial charge is 0.410 e. The fourth-order valence-corrected chi connectivity index (χ4v) is 2.97. The Labute approximate surface area is 162 Å². The van der Waals surface area contributed by atoms with Gasteiger partial charge in [-0.15, -0.1) is 0 Å². The van der Waals surface area contributed by atoms with Crippen LogP contribution in [0.4, 0.5) is 4.79 Å². The molecule has 1 fully saturated rings. The van der Waals surface area contributed by atoms with E-state index < -0.39 is 11.7 Å². The zero-order valence-corrected chi connectivity index (χ0v) is 16.9. The lowest BCUT2D eigenvalue weighted by molar-refractivity contribution is -0.143. The number of amides is 2. The number of hydrogen-bond acceptors (Lipinski definition) is 4. The van der Waals surface area contributed by atoms with Gasteiger partial charge in [0.1, 0.15) is 11.7 Å². The number of hydrogen-bond donors (Lipinski definition) is 0. The van der Waals surface area contributed by atoms with Crippen LogP contribution in [0.5, 0.6) is 0 Å². The van der Waals surface area contributed by atoms with Crippen molar-refractivity contribution in [3.63, 3.8) is 0 Å². The van der Waals surface area contributed by atoms with Crippen molar-refractivity contribution in [3.05, 3.63) is 35.9 Å². The Hall–Kier alpha value is -2.08. The van der Waals surface area contributed by atoms with E-state index in [4.69, 9.17) is 9.47 Å². The third kappa shape index (κ3) is 7.21. The lowest BCUT2D eigenvalue weighted by Crippen LogP contribution is -2.40. The summed E-state index contributed by atoms with van der Waals surface area (Å²) in [4.78, 5) is 28.7. The van der Waals surface area contributed by atoms with Crippen molar-refractivity contribution in [2.75, 3.05) is 26.2 Å². The Morgan fingerprint density at radius 2 is 1.81 bits per heavy atom. The fourth-order valence-electron chi connectivity index (χ4n) is 2.97. The standard InChI is InChI=1S/C21H32N2O4/c1-17-19(24)23(16-18-10-6-5-7-11-18)13-9-8-12-22(14-15-26-17)20(25)27-21(2,3)4/h5-7,10-11,17H,8-9,12-16H2,1-4H3/t17-/m0/s1. The number of carbonyl (C=O) groups is 2. The number of ether oxygens (including phenoxy) is 2. The highest BCUT2D eigenvalue weighted by Crippen LogP contribution is 2.14. The molecule has 0 unspecified atom stereocenters. The van der Waals surface area contributed by atoms with Crippen molar-refractivity contribution in [1.29, 1.82) is 0 Å². The van der Waals surface area contributed by atoms with Gasteiger partial charge in [-0.05, 0) is 46.1 Å². The molecule has 0 N–H and O–H groups in total. The molecule has 0 radical (unpaired) electrons. The van der Waals surface area contributed by atoms with Gasteiger partial charge in [-0.3, -0.25) is 4.79 Å². The van der Waals surface area contributed by atoms with E-state index in [2.05, 4.69) is 0 Å². The van der Waals surface area contributed by atoms with Gasteiger partial charge in [0.05, 0.1) is 6.61 Å². The molecule has 1 atom stereocenters. The Kier molecular flexibility index (Phi) is 7.66. The number of benzene rings is 1. The van der Waals surface area contributed by atoms with Crippen LogP contribution in [0.25, 0.3) is 0 Å². The minimum absolute atomic E-state index is 0.00966. The van der Waals surface area contributed by atoms with Gasteiger partial charge in [-0.1, -0.05) is 30.3 Å². The van der Waals surface area contributed by atoms with Crippen molar-refractivity contribution >= 4 is 12.0 Å². The second-order valence-electron chi connectivity index (χ2n) is 7.93. The summed E-state index contributed by atoms with van der Waals surface area (Å²) in [5.41, 5.74) is 0.572. The van der Waals surface area contributed by atoms with Gasteiger partial charge in [0.2, 0.25) is 0 Å². The molecule has 6 nitrogen and oxygen atoms in total. The lowest BCUT2D eigenvalue weighted by Gasteiger charge is -2.27. The minimum atomic E-state index is -0.535. The highest BCUT2D eigenvalue weighted by Gasteiger charge is 2.25. The van der Waals surface area contributed by atoms with Crippen molar-refractivity contribution in [1.82, 2.24) is 9.80 Å². The molecular weight excluding hydrogens is 344 g/mol. The quantitative estimate of drug-likeness (QED) is 0.793. The summed E-state index contributed by atoms with van der Waals surface area (Å²) >= 11 is 0. The maximum Gasteiger partial charge on any atom is 0.410 e. The van der Waals surface area contributed by atoms with Crippen molar-refractivity contribution in [2.45, 2.75) is 58.8 Å². The average molecular weight is 376 g/mol. The predicted molar refractivity (Wildman–Crippen MR) is 104 cm³/mol. The summed E-state index contributed by atoms with van der Waals surface area (Å²) in [7, 11) is 0. The molecule has 27 heavy (non-hydrogen) atoms. The summed E-state index contributed by atoms with van der Waals surface area (Å²) < 4.78 is 11.2. The zero-order chi connectivity index (χ0) is 19.9. The molecular formula is C21H32N2O4. The molecule has 1 heterocycles. The van der Waals surface area contributed by atoms with Gasteiger partial charge in [0, 0.05) is 26.2 Å². The summed E-state index contributed by atoms with van der Waals surface area (Å²) in [6.45, 7) is 9.89. The molecule has 0 spiro atoms. The fraction of sp³-hybridized carbons (Fsp3) is 0.619. The van der Waals surface area contributed by atoms with Gasteiger partial charge in [0.25, 0.3) is 5.91 Å². The largest absolute Gasteiger partial charge is 0.444 e. The third-order valence-electron chi connectivity index (χ3n) is 4.36. The SMILES string of the molecule is C[C@@H]1OCCN(C(=O)OC(C)(C)C)CCCCN(Cc2ccccc2)C1=O. The molecule has 0 aliphatic carbocycles. The maximum atomic E-state index is 12.8. The van der Waals surface area contributed by atoms with Gasteiger partial charge in [0.15, 0.2) is 0 Å². The third-order valence-corrected chi connectivity index (χ3v) is 4.36.